The Balaban J connectivity index is 2.01. The van der Waals surface area contributed by atoms with Gasteiger partial charge in [0.1, 0.15) is 5.76 Å². The molecule has 1 aromatic rings. The Labute approximate surface area is 93.3 Å². The lowest BCUT2D eigenvalue weighted by atomic mass is 10.2. The van der Waals surface area contributed by atoms with Gasteiger partial charge in [-0.3, -0.25) is 9.79 Å². The maximum absolute atomic E-state index is 11.2. The molecule has 4 heteroatoms. The molecule has 0 bridgehead atoms. The second-order valence-electron chi connectivity index (χ2n) is 3.50. The topological polar surface area (TPSA) is 61.7 Å². The van der Waals surface area contributed by atoms with Crippen LogP contribution in [0.3, 0.4) is 0 Å². The fourth-order valence-corrected chi connectivity index (χ4v) is 1.44. The number of carbonyl (C=O) groups is 1. The molecule has 2 N–H and O–H groups in total. The van der Waals surface area contributed by atoms with E-state index in [2.05, 4.69) is 10.3 Å². The molecular weight excluding hydrogens is 204 g/mol. The predicted octanol–water partition coefficient (Wildman–Crippen LogP) is 1.20. The van der Waals surface area contributed by atoms with E-state index in [1.807, 2.05) is 30.3 Å². The van der Waals surface area contributed by atoms with Crippen molar-refractivity contribution in [3.63, 3.8) is 0 Å². The molecule has 0 fully saturated rings. The molecule has 0 saturated heterocycles. The zero-order valence-electron chi connectivity index (χ0n) is 8.68. The van der Waals surface area contributed by atoms with Gasteiger partial charge in [-0.1, -0.05) is 30.3 Å². The van der Waals surface area contributed by atoms with Crippen LogP contribution in [-0.4, -0.2) is 23.8 Å². The largest absolute Gasteiger partial charge is 0.510 e. The lowest BCUT2D eigenvalue weighted by Crippen LogP contribution is -2.17. The van der Waals surface area contributed by atoms with Crippen molar-refractivity contribution in [3.8, 4) is 0 Å². The van der Waals surface area contributed by atoms with E-state index in [-0.39, 0.29) is 23.8 Å². The first kappa shape index (κ1) is 10.4. The van der Waals surface area contributed by atoms with Crippen LogP contribution in [0.4, 0.5) is 0 Å². The molecule has 1 aromatic carbocycles. The summed E-state index contributed by atoms with van der Waals surface area (Å²) in [5.41, 5.74) is 1.33. The minimum atomic E-state index is -0.269. The van der Waals surface area contributed by atoms with Gasteiger partial charge in [0.05, 0.1) is 18.7 Å². The summed E-state index contributed by atoms with van der Waals surface area (Å²) in [5, 5.41) is 11.9. The highest BCUT2D eigenvalue weighted by molar-refractivity contribution is 6.14. The Morgan fingerprint density at radius 2 is 2.12 bits per heavy atom. The van der Waals surface area contributed by atoms with E-state index in [1.165, 1.54) is 6.21 Å². The summed E-state index contributed by atoms with van der Waals surface area (Å²) < 4.78 is 0. The number of nitrogens with one attached hydrogen (secondary N) is 1. The van der Waals surface area contributed by atoms with Crippen LogP contribution in [0.2, 0.25) is 0 Å². The Bertz CT molecular complexity index is 449. The molecule has 16 heavy (non-hydrogen) atoms. The average molecular weight is 216 g/mol. The summed E-state index contributed by atoms with van der Waals surface area (Å²) in [7, 11) is 0. The van der Waals surface area contributed by atoms with E-state index in [1.54, 1.807) is 0 Å². The summed E-state index contributed by atoms with van der Waals surface area (Å²) in [5.74, 6) is -0.212. The molecule has 82 valence electrons. The van der Waals surface area contributed by atoms with Crippen molar-refractivity contribution >= 4 is 12.1 Å². The minimum Gasteiger partial charge on any atom is -0.510 e. The Kier molecular flexibility index (Phi) is 3.00. The van der Waals surface area contributed by atoms with Gasteiger partial charge in [0.25, 0.3) is 5.91 Å². The molecule has 1 aliphatic heterocycles. The lowest BCUT2D eigenvalue weighted by molar-refractivity contribution is -0.116. The summed E-state index contributed by atoms with van der Waals surface area (Å²) in [6.45, 7) is 0.705. The Morgan fingerprint density at radius 3 is 2.75 bits per heavy atom. The maximum atomic E-state index is 11.2. The minimum absolute atomic E-state index is 0.0572. The molecule has 0 unspecified atom stereocenters. The molecule has 0 aromatic heterocycles. The maximum Gasteiger partial charge on any atom is 0.256 e. The smallest absolute Gasteiger partial charge is 0.256 e. The first-order valence-corrected chi connectivity index (χ1v) is 5.01. The van der Waals surface area contributed by atoms with Crippen molar-refractivity contribution in [3.05, 3.63) is 47.2 Å². The molecule has 0 saturated carbocycles. The van der Waals surface area contributed by atoms with E-state index in [0.29, 0.717) is 6.54 Å². The number of carbonyl (C=O) groups excluding carboxylic acids is 1. The first-order chi connectivity index (χ1) is 7.77. The van der Waals surface area contributed by atoms with Crippen LogP contribution in [-0.2, 0) is 11.3 Å². The number of hydrogen-bond donors (Lipinski definition) is 2. The summed E-state index contributed by atoms with van der Waals surface area (Å²) in [6.07, 6.45) is 1.42. The zero-order chi connectivity index (χ0) is 11.4. The van der Waals surface area contributed by atoms with Crippen molar-refractivity contribution in [2.24, 2.45) is 4.99 Å². The van der Waals surface area contributed by atoms with Crippen molar-refractivity contribution in [2.75, 3.05) is 6.54 Å². The van der Waals surface area contributed by atoms with Crippen LogP contribution >= 0.6 is 0 Å². The number of benzene rings is 1. The molecular formula is C12H12N2O2. The third-order valence-corrected chi connectivity index (χ3v) is 2.31. The number of hydrogen-bond acceptors (Lipinski definition) is 3. The van der Waals surface area contributed by atoms with Gasteiger partial charge < -0.3 is 10.4 Å². The standard InChI is InChI=1S/C12H12N2O2/c15-11-8-14-12(16)10(11)7-13-6-9-4-2-1-3-5-9/h1-5,7,15H,6,8H2,(H,14,16). The monoisotopic (exact) mass is 216 g/mol. The molecule has 4 nitrogen and oxygen atoms in total. The second-order valence-corrected chi connectivity index (χ2v) is 3.50. The molecule has 1 heterocycles. The Hall–Kier alpha value is -2.10. The highest BCUT2D eigenvalue weighted by Gasteiger charge is 2.19. The van der Waals surface area contributed by atoms with Crippen LogP contribution in [0.15, 0.2) is 46.7 Å². The molecule has 1 amide bonds. The predicted molar refractivity (Wildman–Crippen MR) is 61.3 cm³/mol. The summed E-state index contributed by atoms with van der Waals surface area (Å²) in [4.78, 5) is 15.3. The van der Waals surface area contributed by atoms with Crippen molar-refractivity contribution in [1.82, 2.24) is 5.32 Å². The summed E-state index contributed by atoms with van der Waals surface area (Å²) >= 11 is 0. The van der Waals surface area contributed by atoms with Crippen molar-refractivity contribution in [1.29, 1.82) is 0 Å². The fraction of sp³-hybridized carbons (Fsp3) is 0.167. The van der Waals surface area contributed by atoms with Gasteiger partial charge in [-0.25, -0.2) is 0 Å². The molecule has 0 aliphatic carbocycles. The normalized spacial score (nSPS) is 15.9. The number of aliphatic hydroxyl groups excluding tert-OH is 1. The first-order valence-electron chi connectivity index (χ1n) is 5.01. The summed E-state index contributed by atoms with van der Waals surface area (Å²) in [6, 6.07) is 9.72. The van der Waals surface area contributed by atoms with Crippen LogP contribution < -0.4 is 5.32 Å². The van der Waals surface area contributed by atoms with Crippen molar-refractivity contribution < 1.29 is 9.90 Å². The van der Waals surface area contributed by atoms with Crippen molar-refractivity contribution in [2.45, 2.75) is 6.54 Å². The molecule has 0 atom stereocenters. The quantitative estimate of drug-likeness (QED) is 0.746. The third-order valence-electron chi connectivity index (χ3n) is 2.31. The van der Waals surface area contributed by atoms with Gasteiger partial charge in [0, 0.05) is 6.21 Å². The van der Waals surface area contributed by atoms with Crippen LogP contribution in [0.1, 0.15) is 5.56 Å². The Morgan fingerprint density at radius 1 is 1.38 bits per heavy atom. The molecule has 0 radical (unpaired) electrons. The van der Waals surface area contributed by atoms with Gasteiger partial charge in [-0.15, -0.1) is 0 Å². The van der Waals surface area contributed by atoms with E-state index in [9.17, 15) is 9.90 Å². The average Bonchev–Trinajstić information content (AvgIpc) is 2.62. The highest BCUT2D eigenvalue weighted by Crippen LogP contribution is 2.06. The van der Waals surface area contributed by atoms with E-state index < -0.39 is 0 Å². The number of aliphatic hydroxyl groups is 1. The van der Waals surface area contributed by atoms with Crippen LogP contribution in [0, 0.1) is 0 Å². The lowest BCUT2D eigenvalue weighted by Gasteiger charge is -1.95. The van der Waals surface area contributed by atoms with Gasteiger partial charge in [-0.05, 0) is 5.56 Å². The SMILES string of the molecule is O=C1NCC(O)=C1C=NCc1ccccc1. The van der Waals surface area contributed by atoms with Gasteiger partial charge >= 0.3 is 0 Å². The number of nitrogens with zero attached hydrogens (tertiary/aromatic N) is 1. The fourth-order valence-electron chi connectivity index (χ4n) is 1.44. The van der Waals surface area contributed by atoms with Gasteiger partial charge in [-0.2, -0.15) is 0 Å². The second kappa shape index (κ2) is 4.61. The number of rotatable bonds is 3. The molecule has 0 spiro atoms. The van der Waals surface area contributed by atoms with Gasteiger partial charge in [0.15, 0.2) is 0 Å². The van der Waals surface area contributed by atoms with Gasteiger partial charge in [0.2, 0.25) is 0 Å². The van der Waals surface area contributed by atoms with E-state index in [4.69, 9.17) is 0 Å². The number of amides is 1. The molecule has 2 rings (SSSR count). The van der Waals surface area contributed by atoms with Crippen LogP contribution in [0.5, 0.6) is 0 Å². The van der Waals surface area contributed by atoms with E-state index >= 15 is 0 Å². The highest BCUT2D eigenvalue weighted by atomic mass is 16.3. The third kappa shape index (κ3) is 2.28. The van der Waals surface area contributed by atoms with E-state index in [0.717, 1.165) is 5.56 Å². The zero-order valence-corrected chi connectivity index (χ0v) is 8.68. The van der Waals surface area contributed by atoms with Crippen LogP contribution in [0.25, 0.3) is 0 Å². The molecule has 1 aliphatic rings. The number of aliphatic imine (C=N–C) groups is 1.